The maximum atomic E-state index is 9.75. The van der Waals surface area contributed by atoms with E-state index in [0.29, 0.717) is 12.1 Å². The van der Waals surface area contributed by atoms with Crippen molar-refractivity contribution in [2.75, 3.05) is 0 Å². The molecule has 0 saturated carbocycles. The molecule has 0 aromatic rings. The van der Waals surface area contributed by atoms with Crippen LogP contribution in [0, 0.1) is 0 Å². The molecule has 68 valence electrons. The van der Waals surface area contributed by atoms with Crippen LogP contribution in [0.4, 0.5) is 17.3 Å². The molecule has 4 nitrogen and oxygen atoms in total. The summed E-state index contributed by atoms with van der Waals surface area (Å²) in [5.41, 5.74) is 0. The van der Waals surface area contributed by atoms with Crippen LogP contribution < -0.4 is 0 Å². The summed E-state index contributed by atoms with van der Waals surface area (Å²) in [5, 5.41) is 0. The predicted octanol–water partition coefficient (Wildman–Crippen LogP) is 1.52. The summed E-state index contributed by atoms with van der Waals surface area (Å²) in [6.45, 7) is 0. The summed E-state index contributed by atoms with van der Waals surface area (Å²) in [5.74, 6) is 0. The second-order valence-corrected chi connectivity index (χ2v) is 1.47. The lowest BCUT2D eigenvalue weighted by molar-refractivity contribution is 0.368. The Morgan fingerprint density at radius 1 is 1.00 bits per heavy atom. The Labute approximate surface area is 68.1 Å². The monoisotopic (exact) mass is 203 g/mol. The Morgan fingerprint density at radius 2 is 1.25 bits per heavy atom. The van der Waals surface area contributed by atoms with Crippen molar-refractivity contribution in [2.45, 2.75) is 0 Å². The average Bonchev–Trinajstić information content (AvgIpc) is 1.85. The van der Waals surface area contributed by atoms with Crippen LogP contribution in [0.5, 0.6) is 0 Å². The van der Waals surface area contributed by atoms with Gasteiger partial charge in [-0.3, -0.25) is 0 Å². The first-order valence-corrected chi connectivity index (χ1v) is 2.82. The summed E-state index contributed by atoms with van der Waals surface area (Å²) in [6.07, 6.45) is 2.34. The lowest BCUT2D eigenvalue weighted by Gasteiger charge is -1.94. The Hall–Kier alpha value is -1.11. The molecule has 0 N–H and O–H groups in total. The third-order valence-corrected chi connectivity index (χ3v) is 0.469. The fourth-order valence-corrected chi connectivity index (χ4v) is 0.161. The van der Waals surface area contributed by atoms with Crippen LogP contribution in [0.2, 0.25) is 0 Å². The lowest BCUT2D eigenvalue weighted by atomic mass is 10.3. The van der Waals surface area contributed by atoms with Crippen molar-refractivity contribution in [1.29, 1.82) is 0 Å². The van der Waals surface area contributed by atoms with Gasteiger partial charge < -0.3 is 17.3 Å². The van der Waals surface area contributed by atoms with Gasteiger partial charge in [0.05, 0.1) is 0 Å². The van der Waals surface area contributed by atoms with Crippen molar-refractivity contribution in [2.24, 2.45) is 8.80 Å². The van der Waals surface area contributed by atoms with E-state index in [2.05, 4.69) is 8.80 Å². The second-order valence-electron chi connectivity index (χ2n) is 0.942. The summed E-state index contributed by atoms with van der Waals surface area (Å²) in [4.78, 5) is 18.4. The van der Waals surface area contributed by atoms with Gasteiger partial charge in [0.15, 0.2) is 0 Å². The van der Waals surface area contributed by atoms with Crippen molar-refractivity contribution in [1.82, 2.24) is 0 Å². The van der Waals surface area contributed by atoms with Gasteiger partial charge in [-0.25, -0.2) is 9.59 Å². The Morgan fingerprint density at radius 3 is 1.42 bits per heavy atom. The highest BCUT2D eigenvalue weighted by Gasteiger charge is 2.20. The van der Waals surface area contributed by atoms with E-state index in [-0.39, 0.29) is 0 Å². The van der Waals surface area contributed by atoms with E-state index in [1.807, 2.05) is 0 Å². The molecule has 0 fully saturated rings. The summed E-state index contributed by atoms with van der Waals surface area (Å²) in [7, 11) is -6.00. The van der Waals surface area contributed by atoms with Gasteiger partial charge in [-0.05, 0) is 0 Å². The van der Waals surface area contributed by atoms with Crippen LogP contribution in [-0.2, 0) is 9.59 Å². The molecular formula is C2BF4N2O2S-. The fourth-order valence-electron chi connectivity index (χ4n) is 0.0537. The largest absolute Gasteiger partial charge is 0.673 e. The van der Waals surface area contributed by atoms with E-state index in [1.54, 1.807) is 0 Å². The van der Waals surface area contributed by atoms with Gasteiger partial charge >= 0.3 is 7.25 Å². The predicted molar refractivity (Wildman–Crippen MR) is 34.0 cm³/mol. The lowest BCUT2D eigenvalue weighted by Crippen LogP contribution is -2.02. The van der Waals surface area contributed by atoms with Crippen molar-refractivity contribution >= 4 is 31.5 Å². The third-order valence-electron chi connectivity index (χ3n) is 0.156. The van der Waals surface area contributed by atoms with Crippen LogP contribution in [-0.4, -0.2) is 19.4 Å². The summed E-state index contributed by atoms with van der Waals surface area (Å²) >= 11 is 0.456. The normalized spacial score (nSPS) is 8.33. The quantitative estimate of drug-likeness (QED) is 0.224. The number of nitrogens with zero attached hydrogens (tertiary/aromatic N) is 2. The average molecular weight is 203 g/mol. The Balaban J connectivity index is 0. The minimum Gasteiger partial charge on any atom is -0.418 e. The van der Waals surface area contributed by atoms with Gasteiger partial charge in [-0.15, -0.1) is 8.80 Å². The zero-order valence-corrected chi connectivity index (χ0v) is 6.02. The van der Waals surface area contributed by atoms with Crippen molar-refractivity contribution in [3.05, 3.63) is 0 Å². The van der Waals surface area contributed by atoms with Gasteiger partial charge in [0.2, 0.25) is 12.2 Å². The van der Waals surface area contributed by atoms with Gasteiger partial charge in [0.1, 0.15) is 12.1 Å². The van der Waals surface area contributed by atoms with Crippen molar-refractivity contribution in [3.8, 4) is 0 Å². The molecule has 0 atom stereocenters. The maximum absolute atomic E-state index is 9.75. The summed E-state index contributed by atoms with van der Waals surface area (Å²) < 4.78 is 44.7. The number of hydrogen-bond acceptors (Lipinski definition) is 5. The molecule has 0 aromatic carbocycles. The zero-order chi connectivity index (χ0) is 10.0. The number of carbonyl (C=O) groups excluding carboxylic acids is 2. The molecule has 0 amide bonds. The smallest absolute Gasteiger partial charge is 0.418 e. The molecule has 0 aliphatic rings. The Bertz CT molecular complexity index is 186. The topological polar surface area (TPSA) is 58.9 Å². The van der Waals surface area contributed by atoms with Gasteiger partial charge in [-0.2, -0.15) is 0 Å². The van der Waals surface area contributed by atoms with Gasteiger partial charge in [0.25, 0.3) is 0 Å². The Kier molecular flexibility index (Phi) is 8.98. The highest BCUT2D eigenvalue weighted by Crippen LogP contribution is 2.06. The minimum atomic E-state index is -6.00. The molecule has 0 radical (unpaired) electrons. The SMILES string of the molecule is F[B-](F)(F)F.O=C=NSN=C=O. The molecule has 0 bridgehead atoms. The molecule has 0 unspecified atom stereocenters. The van der Waals surface area contributed by atoms with Crippen LogP contribution in [0.25, 0.3) is 0 Å². The standard InChI is InChI=1S/C2N2O2S.BF4/c5-1-3-7-4-2-6;2-1(3,4)5/q;-1. The number of halogens is 4. The van der Waals surface area contributed by atoms with E-state index < -0.39 is 7.25 Å². The van der Waals surface area contributed by atoms with Crippen LogP contribution >= 0.6 is 12.1 Å². The van der Waals surface area contributed by atoms with E-state index in [4.69, 9.17) is 0 Å². The molecule has 10 heteroatoms. The highest BCUT2D eigenvalue weighted by atomic mass is 32.2. The van der Waals surface area contributed by atoms with Crippen molar-refractivity contribution < 1.29 is 26.9 Å². The van der Waals surface area contributed by atoms with Gasteiger partial charge in [-0.1, -0.05) is 0 Å². The molecular weight excluding hydrogens is 203 g/mol. The maximum Gasteiger partial charge on any atom is 0.673 e. The second kappa shape index (κ2) is 8.00. The molecule has 0 aliphatic carbocycles. The van der Waals surface area contributed by atoms with E-state index in [1.165, 1.54) is 12.2 Å². The molecule has 0 heterocycles. The first-order valence-electron chi connectivity index (χ1n) is 2.09. The fraction of sp³-hybridized carbons (Fsp3) is 0. The van der Waals surface area contributed by atoms with Crippen LogP contribution in [0.15, 0.2) is 8.80 Å². The van der Waals surface area contributed by atoms with E-state index in [9.17, 15) is 26.9 Å². The van der Waals surface area contributed by atoms with E-state index >= 15 is 0 Å². The highest BCUT2D eigenvalue weighted by molar-refractivity contribution is 7.96. The van der Waals surface area contributed by atoms with Crippen molar-refractivity contribution in [3.63, 3.8) is 0 Å². The first-order chi connectivity index (χ1) is 5.41. The minimum absolute atomic E-state index is 0.456. The third kappa shape index (κ3) is 66.2. The number of hydrogen-bond donors (Lipinski definition) is 0. The van der Waals surface area contributed by atoms with Gasteiger partial charge in [0, 0.05) is 0 Å². The number of isocyanates is 2. The molecule has 0 spiro atoms. The van der Waals surface area contributed by atoms with Crippen LogP contribution in [0.1, 0.15) is 0 Å². The number of rotatable bonds is 2. The molecule has 12 heavy (non-hydrogen) atoms. The summed E-state index contributed by atoms with van der Waals surface area (Å²) in [6, 6.07) is 0. The zero-order valence-electron chi connectivity index (χ0n) is 5.21. The first kappa shape index (κ1) is 13.5. The molecule has 0 aromatic heterocycles. The molecule has 0 aliphatic heterocycles. The molecule has 0 rings (SSSR count). The van der Waals surface area contributed by atoms with E-state index in [0.717, 1.165) is 0 Å². The molecule has 0 saturated heterocycles. The van der Waals surface area contributed by atoms with Crippen LogP contribution in [0.3, 0.4) is 0 Å².